The highest BCUT2D eigenvalue weighted by Gasteiger charge is 1.74. The van der Waals surface area contributed by atoms with E-state index in [4.69, 9.17) is 0 Å². The maximum Gasteiger partial charge on any atom is -0.0354 e. The van der Waals surface area contributed by atoms with Gasteiger partial charge in [0, 0.05) is 0 Å². The molecule has 0 radical (unpaired) electrons. The molecule has 0 heteroatoms. The largest absolute Gasteiger partial charge is 0.103 e. The van der Waals surface area contributed by atoms with Crippen LogP contribution >= 0.6 is 0 Å². The van der Waals surface area contributed by atoms with E-state index < -0.39 is 0 Å². The van der Waals surface area contributed by atoms with Crippen molar-refractivity contribution in [3.63, 3.8) is 0 Å². The van der Waals surface area contributed by atoms with Crippen molar-refractivity contribution in [1.82, 2.24) is 0 Å². The Labute approximate surface area is 258 Å². The van der Waals surface area contributed by atoms with Crippen LogP contribution in [0.4, 0.5) is 0 Å². The fourth-order valence-electron chi connectivity index (χ4n) is 2.09. The molecule has 0 nitrogen and oxygen atoms in total. The average molecular weight is 561 g/mol. The zero-order valence-corrected chi connectivity index (χ0v) is 29.4. The smallest absolute Gasteiger partial charge is 0.0354 e. The normalized spacial score (nSPS) is 7.97. The predicted molar refractivity (Wildman–Crippen MR) is 199 cm³/mol. The summed E-state index contributed by atoms with van der Waals surface area (Å²) in [7, 11) is 0. The molecule has 0 N–H and O–H groups in total. The first-order chi connectivity index (χ1) is 19.4. The van der Waals surface area contributed by atoms with E-state index in [9.17, 15) is 0 Å². The molecule has 0 amide bonds. The fraction of sp³-hybridized carbons (Fsp3) is 0.650. The minimum atomic E-state index is 1.08. The van der Waals surface area contributed by atoms with Crippen LogP contribution < -0.4 is 0 Å². The van der Waals surface area contributed by atoms with Gasteiger partial charge in [-0.2, -0.15) is 0 Å². The van der Waals surface area contributed by atoms with Gasteiger partial charge in [-0.3, -0.25) is 0 Å². The van der Waals surface area contributed by atoms with Crippen molar-refractivity contribution in [2.45, 2.75) is 170 Å². The van der Waals surface area contributed by atoms with E-state index in [1.165, 1.54) is 116 Å². The summed E-state index contributed by atoms with van der Waals surface area (Å²) in [5.41, 5.74) is 0. The van der Waals surface area contributed by atoms with Gasteiger partial charge in [0.05, 0.1) is 0 Å². The second-order valence-electron chi connectivity index (χ2n) is 9.28. The van der Waals surface area contributed by atoms with E-state index in [0.29, 0.717) is 0 Å². The Morgan fingerprint density at radius 2 is 0.400 bits per heavy atom. The van der Waals surface area contributed by atoms with Crippen LogP contribution in [0.1, 0.15) is 170 Å². The zero-order valence-electron chi connectivity index (χ0n) is 29.4. The van der Waals surface area contributed by atoms with Gasteiger partial charge in [-0.15, -0.1) is 46.1 Å². The van der Waals surface area contributed by atoms with Gasteiger partial charge in [-0.1, -0.05) is 168 Å². The molecule has 0 aliphatic carbocycles. The van der Waals surface area contributed by atoms with Crippen LogP contribution in [0, 0.1) is 0 Å². The summed E-state index contributed by atoms with van der Waals surface area (Å²) in [4.78, 5) is 0. The SMILES string of the molecule is C=CCC.C=CCCCC.C=CCCCC.C=CCCCC.C=CCCCC.C=CCCCC.C=CCCCC. The summed E-state index contributed by atoms with van der Waals surface area (Å²) >= 11 is 0. The monoisotopic (exact) mass is 561 g/mol. The third-order valence-corrected chi connectivity index (χ3v) is 4.86. The van der Waals surface area contributed by atoms with Crippen LogP contribution in [0.5, 0.6) is 0 Å². The van der Waals surface area contributed by atoms with Crippen molar-refractivity contribution in [2.75, 3.05) is 0 Å². The second-order valence-corrected chi connectivity index (χ2v) is 9.28. The molecule has 0 saturated heterocycles. The van der Waals surface area contributed by atoms with Crippen LogP contribution in [0.15, 0.2) is 88.6 Å². The van der Waals surface area contributed by atoms with E-state index in [0.717, 1.165) is 6.42 Å². The molecule has 0 bridgehead atoms. The Bertz CT molecular complexity index is 319. The lowest BCUT2D eigenvalue weighted by atomic mass is 10.3. The van der Waals surface area contributed by atoms with E-state index in [1.54, 1.807) is 0 Å². The summed E-state index contributed by atoms with van der Waals surface area (Å²) < 4.78 is 0. The maximum absolute atomic E-state index is 3.60. The molecule has 0 aromatic heterocycles. The molecule has 0 aliphatic rings. The summed E-state index contributed by atoms with van der Waals surface area (Å²) in [6.07, 6.45) is 37.3. The van der Waals surface area contributed by atoms with Crippen molar-refractivity contribution in [2.24, 2.45) is 0 Å². The molecule has 0 unspecified atom stereocenters. The van der Waals surface area contributed by atoms with Crippen LogP contribution in [0.2, 0.25) is 0 Å². The molecule has 0 fully saturated rings. The van der Waals surface area contributed by atoms with Gasteiger partial charge in [0.15, 0.2) is 0 Å². The number of allylic oxidation sites excluding steroid dienone is 7. The van der Waals surface area contributed by atoms with Gasteiger partial charge >= 0.3 is 0 Å². The average Bonchev–Trinajstić information content (AvgIpc) is 3.00. The minimum absolute atomic E-state index is 1.08. The summed E-state index contributed by atoms with van der Waals surface area (Å²) in [5.74, 6) is 0. The van der Waals surface area contributed by atoms with Gasteiger partial charge in [-0.05, 0) is 44.9 Å². The van der Waals surface area contributed by atoms with Crippen LogP contribution in [0.3, 0.4) is 0 Å². The fourth-order valence-corrected chi connectivity index (χ4v) is 2.09. The van der Waals surface area contributed by atoms with Crippen LogP contribution in [-0.2, 0) is 0 Å². The standard InChI is InChI=1S/6C6H12.C4H8/c6*1-3-5-6-4-2;1-3-4-2/h6*3H,1,4-6H2,2H3;3H,1,4H2,2H3. The summed E-state index contributed by atoms with van der Waals surface area (Å²) in [6.45, 7) is 40.2. The number of rotatable bonds is 19. The molecule has 0 atom stereocenters. The molecule has 240 valence electrons. The highest BCUT2D eigenvalue weighted by molar-refractivity contribution is 4.66. The molecular formula is C40H80. The van der Waals surface area contributed by atoms with Crippen molar-refractivity contribution < 1.29 is 0 Å². The van der Waals surface area contributed by atoms with Gasteiger partial charge in [0.1, 0.15) is 0 Å². The van der Waals surface area contributed by atoms with Crippen molar-refractivity contribution >= 4 is 0 Å². The highest BCUT2D eigenvalue weighted by atomic mass is 13.8. The van der Waals surface area contributed by atoms with Gasteiger partial charge in [0.2, 0.25) is 0 Å². The molecule has 0 saturated carbocycles. The summed E-state index contributed by atoms with van der Waals surface area (Å²) in [6, 6.07) is 0. The highest BCUT2D eigenvalue weighted by Crippen LogP contribution is 1.94. The molecule has 40 heavy (non-hydrogen) atoms. The lowest BCUT2D eigenvalue weighted by molar-refractivity contribution is 0.816. The van der Waals surface area contributed by atoms with Crippen molar-refractivity contribution in [1.29, 1.82) is 0 Å². The lowest BCUT2D eigenvalue weighted by Gasteiger charge is -1.81. The predicted octanol–water partition coefficient (Wildman–Crippen LogP) is 15.8. The van der Waals surface area contributed by atoms with Gasteiger partial charge in [-0.25, -0.2) is 0 Å². The Morgan fingerprint density at radius 3 is 0.425 bits per heavy atom. The minimum Gasteiger partial charge on any atom is -0.103 e. The Hall–Kier alpha value is -1.82. The number of hydrogen-bond donors (Lipinski definition) is 0. The van der Waals surface area contributed by atoms with Gasteiger partial charge < -0.3 is 0 Å². The Kier molecular flexibility index (Phi) is 113. The molecule has 0 rings (SSSR count). The molecule has 0 aromatic carbocycles. The number of hydrogen-bond acceptors (Lipinski definition) is 0. The van der Waals surface area contributed by atoms with Crippen molar-refractivity contribution in [3.8, 4) is 0 Å². The number of unbranched alkanes of at least 4 members (excludes halogenated alkanes) is 12. The van der Waals surface area contributed by atoms with Crippen molar-refractivity contribution in [3.05, 3.63) is 88.6 Å². The lowest BCUT2D eigenvalue weighted by Crippen LogP contribution is -1.61. The first-order valence-corrected chi connectivity index (χ1v) is 16.7. The molecule has 0 spiro atoms. The Balaban J connectivity index is -0.0000000637. The topological polar surface area (TPSA) is 0 Å². The summed E-state index contributed by atoms with van der Waals surface area (Å²) in [5, 5.41) is 0. The first kappa shape index (κ1) is 54.3. The van der Waals surface area contributed by atoms with Crippen LogP contribution in [-0.4, -0.2) is 0 Å². The second kappa shape index (κ2) is 83.2. The molecule has 0 aromatic rings. The van der Waals surface area contributed by atoms with E-state index in [1.807, 2.05) is 42.5 Å². The van der Waals surface area contributed by atoms with E-state index in [-0.39, 0.29) is 0 Å². The van der Waals surface area contributed by atoms with E-state index in [2.05, 4.69) is 94.5 Å². The van der Waals surface area contributed by atoms with Gasteiger partial charge in [0.25, 0.3) is 0 Å². The third kappa shape index (κ3) is 152. The third-order valence-electron chi connectivity index (χ3n) is 4.86. The quantitative estimate of drug-likeness (QED) is 0.109. The molecule has 0 aliphatic heterocycles. The van der Waals surface area contributed by atoms with E-state index >= 15 is 0 Å². The van der Waals surface area contributed by atoms with Crippen LogP contribution in [0.25, 0.3) is 0 Å². The molecular weight excluding hydrogens is 480 g/mol. The first-order valence-electron chi connectivity index (χ1n) is 16.7. The molecule has 0 heterocycles. The zero-order chi connectivity index (χ0) is 32.4. The maximum atomic E-state index is 3.60. The Morgan fingerprint density at radius 1 is 0.275 bits per heavy atom.